The van der Waals surface area contributed by atoms with Gasteiger partial charge >= 0.3 is 0 Å². The zero-order chi connectivity index (χ0) is 11.8. The first kappa shape index (κ1) is 11.5. The Balaban J connectivity index is 2.46. The molecule has 0 N–H and O–H groups in total. The number of hydrogen-bond donors (Lipinski definition) is 0. The Morgan fingerprint density at radius 3 is 2.38 bits per heavy atom. The van der Waals surface area contributed by atoms with E-state index in [9.17, 15) is 17.2 Å². The summed E-state index contributed by atoms with van der Waals surface area (Å²) in [6.07, 6.45) is 1.52. The molecular formula is C10H11F2NO2S. The lowest BCUT2D eigenvalue weighted by atomic mass is 10.3. The second kappa shape index (κ2) is 4.10. The van der Waals surface area contributed by atoms with Crippen molar-refractivity contribution < 1.29 is 17.2 Å². The fourth-order valence-corrected chi connectivity index (χ4v) is 3.34. The summed E-state index contributed by atoms with van der Waals surface area (Å²) < 4.78 is 51.3. The largest absolute Gasteiger partial charge is 0.246 e. The van der Waals surface area contributed by atoms with Gasteiger partial charge in [0.2, 0.25) is 10.0 Å². The van der Waals surface area contributed by atoms with E-state index in [0.717, 1.165) is 31.0 Å². The molecule has 16 heavy (non-hydrogen) atoms. The molecule has 1 aromatic carbocycles. The monoisotopic (exact) mass is 247 g/mol. The molecule has 1 fully saturated rings. The Kier molecular flexibility index (Phi) is 2.94. The fourth-order valence-electron chi connectivity index (χ4n) is 1.74. The van der Waals surface area contributed by atoms with Gasteiger partial charge in [-0.2, -0.15) is 4.31 Å². The Morgan fingerprint density at radius 1 is 1.12 bits per heavy atom. The molecule has 6 heteroatoms. The SMILES string of the molecule is O=S(=O)(c1cc(F)ccc1F)N1CCCC1. The van der Waals surface area contributed by atoms with Crippen LogP contribution < -0.4 is 0 Å². The van der Waals surface area contributed by atoms with E-state index < -0.39 is 26.6 Å². The molecule has 1 aromatic rings. The van der Waals surface area contributed by atoms with E-state index in [2.05, 4.69) is 0 Å². The quantitative estimate of drug-likeness (QED) is 0.798. The van der Waals surface area contributed by atoms with E-state index in [-0.39, 0.29) is 0 Å². The summed E-state index contributed by atoms with van der Waals surface area (Å²) in [7, 11) is -3.87. The molecule has 0 bridgehead atoms. The van der Waals surface area contributed by atoms with Crippen LogP contribution in [-0.4, -0.2) is 25.8 Å². The molecule has 1 aliphatic rings. The van der Waals surface area contributed by atoms with Gasteiger partial charge in [0, 0.05) is 13.1 Å². The normalized spacial score (nSPS) is 17.9. The summed E-state index contributed by atoms with van der Waals surface area (Å²) in [5, 5.41) is 0. The van der Waals surface area contributed by atoms with Crippen molar-refractivity contribution in [1.82, 2.24) is 4.31 Å². The summed E-state index contributed by atoms with van der Waals surface area (Å²) in [5.74, 6) is -1.66. The van der Waals surface area contributed by atoms with Gasteiger partial charge in [0.1, 0.15) is 16.5 Å². The minimum absolute atomic E-state index is 0.373. The molecule has 0 amide bonds. The standard InChI is InChI=1S/C10H11F2NO2S/c11-8-3-4-9(12)10(7-8)16(14,15)13-5-1-2-6-13/h3-4,7H,1-2,5-6H2. The highest BCUT2D eigenvalue weighted by Crippen LogP contribution is 2.23. The molecule has 0 spiro atoms. The van der Waals surface area contributed by atoms with Crippen LogP contribution in [0.1, 0.15) is 12.8 Å². The lowest BCUT2D eigenvalue weighted by molar-refractivity contribution is 0.467. The highest BCUT2D eigenvalue weighted by atomic mass is 32.2. The number of sulfonamides is 1. The van der Waals surface area contributed by atoms with Crippen LogP contribution in [0.15, 0.2) is 23.1 Å². The van der Waals surface area contributed by atoms with Crippen LogP contribution in [0.5, 0.6) is 0 Å². The van der Waals surface area contributed by atoms with Crippen molar-refractivity contribution in [3.63, 3.8) is 0 Å². The summed E-state index contributed by atoms with van der Waals surface area (Å²) in [6, 6.07) is 2.46. The van der Waals surface area contributed by atoms with E-state index in [0.29, 0.717) is 13.1 Å². The zero-order valence-corrected chi connectivity index (χ0v) is 9.30. The maximum atomic E-state index is 13.3. The number of halogens is 2. The Bertz CT molecular complexity index is 496. The fraction of sp³-hybridized carbons (Fsp3) is 0.400. The van der Waals surface area contributed by atoms with Gasteiger partial charge in [-0.3, -0.25) is 0 Å². The number of hydrogen-bond acceptors (Lipinski definition) is 2. The Morgan fingerprint density at radius 2 is 1.75 bits per heavy atom. The number of nitrogens with zero attached hydrogens (tertiary/aromatic N) is 1. The van der Waals surface area contributed by atoms with E-state index in [1.165, 1.54) is 4.31 Å². The van der Waals surface area contributed by atoms with Crippen molar-refractivity contribution in [3.8, 4) is 0 Å². The third-order valence-electron chi connectivity index (χ3n) is 2.58. The molecule has 0 atom stereocenters. The van der Waals surface area contributed by atoms with Crippen molar-refractivity contribution in [2.24, 2.45) is 0 Å². The molecular weight excluding hydrogens is 236 g/mol. The Labute approximate surface area is 92.7 Å². The van der Waals surface area contributed by atoms with Crippen molar-refractivity contribution in [2.75, 3.05) is 13.1 Å². The zero-order valence-electron chi connectivity index (χ0n) is 8.49. The van der Waals surface area contributed by atoms with Gasteiger partial charge < -0.3 is 0 Å². The van der Waals surface area contributed by atoms with E-state index in [1.807, 2.05) is 0 Å². The molecule has 0 aliphatic carbocycles. The van der Waals surface area contributed by atoms with Gasteiger partial charge in [0.15, 0.2) is 0 Å². The van der Waals surface area contributed by atoms with Crippen molar-refractivity contribution in [2.45, 2.75) is 17.7 Å². The maximum Gasteiger partial charge on any atom is 0.246 e. The first-order chi connectivity index (χ1) is 7.51. The van der Waals surface area contributed by atoms with Gasteiger partial charge in [-0.1, -0.05) is 0 Å². The predicted octanol–water partition coefficient (Wildman–Crippen LogP) is 1.75. The van der Waals surface area contributed by atoms with Gasteiger partial charge in [0.25, 0.3) is 0 Å². The van der Waals surface area contributed by atoms with E-state index in [4.69, 9.17) is 0 Å². The van der Waals surface area contributed by atoms with Crippen LogP contribution in [0.4, 0.5) is 8.78 Å². The van der Waals surface area contributed by atoms with Crippen LogP contribution in [0.2, 0.25) is 0 Å². The molecule has 2 rings (SSSR count). The van der Waals surface area contributed by atoms with E-state index >= 15 is 0 Å². The Hall–Kier alpha value is -1.01. The molecule has 1 aliphatic heterocycles. The first-order valence-electron chi connectivity index (χ1n) is 4.97. The van der Waals surface area contributed by atoms with Crippen molar-refractivity contribution >= 4 is 10.0 Å². The molecule has 0 saturated carbocycles. The number of rotatable bonds is 2. The molecule has 0 aromatic heterocycles. The topological polar surface area (TPSA) is 37.4 Å². The smallest absolute Gasteiger partial charge is 0.207 e. The van der Waals surface area contributed by atoms with E-state index in [1.54, 1.807) is 0 Å². The van der Waals surface area contributed by atoms with Crippen LogP contribution in [-0.2, 0) is 10.0 Å². The molecule has 0 unspecified atom stereocenters. The summed E-state index contributed by atoms with van der Waals surface area (Å²) >= 11 is 0. The summed E-state index contributed by atoms with van der Waals surface area (Å²) in [6.45, 7) is 0.747. The van der Waals surface area contributed by atoms with Gasteiger partial charge in [-0.05, 0) is 31.0 Å². The minimum Gasteiger partial charge on any atom is -0.207 e. The average Bonchev–Trinajstić information content (AvgIpc) is 2.75. The molecule has 88 valence electrons. The van der Waals surface area contributed by atoms with Gasteiger partial charge in [-0.15, -0.1) is 0 Å². The highest BCUT2D eigenvalue weighted by Gasteiger charge is 2.29. The highest BCUT2D eigenvalue weighted by molar-refractivity contribution is 7.89. The first-order valence-corrected chi connectivity index (χ1v) is 6.41. The third-order valence-corrected chi connectivity index (χ3v) is 4.49. The lowest BCUT2D eigenvalue weighted by Gasteiger charge is -2.15. The third kappa shape index (κ3) is 1.94. The minimum atomic E-state index is -3.87. The van der Waals surface area contributed by atoms with Crippen LogP contribution >= 0.6 is 0 Å². The maximum absolute atomic E-state index is 13.3. The number of benzene rings is 1. The van der Waals surface area contributed by atoms with Crippen LogP contribution in [0.25, 0.3) is 0 Å². The summed E-state index contributed by atoms with van der Waals surface area (Å²) in [4.78, 5) is -0.575. The van der Waals surface area contributed by atoms with Gasteiger partial charge in [-0.25, -0.2) is 17.2 Å². The van der Waals surface area contributed by atoms with Crippen molar-refractivity contribution in [1.29, 1.82) is 0 Å². The lowest BCUT2D eigenvalue weighted by Crippen LogP contribution is -2.28. The predicted molar refractivity (Wildman–Crippen MR) is 54.4 cm³/mol. The molecule has 1 heterocycles. The van der Waals surface area contributed by atoms with Crippen LogP contribution in [0, 0.1) is 11.6 Å². The van der Waals surface area contributed by atoms with Crippen LogP contribution in [0.3, 0.4) is 0 Å². The molecule has 3 nitrogen and oxygen atoms in total. The average molecular weight is 247 g/mol. The second-order valence-corrected chi connectivity index (χ2v) is 5.59. The second-order valence-electron chi connectivity index (χ2n) is 3.69. The summed E-state index contributed by atoms with van der Waals surface area (Å²) in [5.41, 5.74) is 0. The molecule has 1 saturated heterocycles. The molecule has 0 radical (unpaired) electrons. The van der Waals surface area contributed by atoms with Crippen molar-refractivity contribution in [3.05, 3.63) is 29.8 Å². The van der Waals surface area contributed by atoms with Gasteiger partial charge in [0.05, 0.1) is 0 Å².